The number of fused-ring (bicyclic) bond motifs is 1. The van der Waals surface area contributed by atoms with Gasteiger partial charge in [0, 0.05) is 16.1 Å². The molecule has 2 aromatic carbocycles. The zero-order valence-electron chi connectivity index (χ0n) is 10.4. The van der Waals surface area contributed by atoms with Crippen LogP contribution in [0.3, 0.4) is 0 Å². The third kappa shape index (κ3) is 2.51. The van der Waals surface area contributed by atoms with Gasteiger partial charge in [0.1, 0.15) is 11.9 Å². The lowest BCUT2D eigenvalue weighted by molar-refractivity contribution is 0.177. The lowest BCUT2D eigenvalue weighted by Gasteiger charge is -2.33. The van der Waals surface area contributed by atoms with Crippen molar-refractivity contribution in [2.24, 2.45) is 0 Å². The highest BCUT2D eigenvalue weighted by molar-refractivity contribution is 6.31. The molecule has 2 aromatic rings. The highest BCUT2D eigenvalue weighted by Gasteiger charge is 2.27. The minimum atomic E-state index is -0.0526. The molecule has 2 nitrogen and oxygen atoms in total. The van der Waals surface area contributed by atoms with E-state index in [2.05, 4.69) is 12.2 Å². The van der Waals surface area contributed by atoms with Crippen molar-refractivity contribution >= 4 is 28.9 Å². The summed E-state index contributed by atoms with van der Waals surface area (Å²) in [6, 6.07) is 13.5. The maximum atomic E-state index is 6.06. The number of benzene rings is 2. The molecular formula is C15H13Cl2NO. The summed E-state index contributed by atoms with van der Waals surface area (Å²) >= 11 is 11.9. The van der Waals surface area contributed by atoms with E-state index in [9.17, 15) is 0 Å². The molecule has 0 spiro atoms. The number of rotatable bonds is 1. The van der Waals surface area contributed by atoms with Crippen LogP contribution >= 0.6 is 23.2 Å². The van der Waals surface area contributed by atoms with Crippen LogP contribution in [0.1, 0.15) is 18.6 Å². The van der Waals surface area contributed by atoms with Crippen molar-refractivity contribution in [3.05, 3.63) is 58.1 Å². The lowest BCUT2D eigenvalue weighted by Crippen LogP contribution is -2.32. The Bertz CT molecular complexity index is 598. The molecule has 98 valence electrons. The maximum absolute atomic E-state index is 6.06. The molecule has 1 heterocycles. The highest BCUT2D eigenvalue weighted by Crippen LogP contribution is 2.38. The van der Waals surface area contributed by atoms with Gasteiger partial charge in [-0.2, -0.15) is 0 Å². The van der Waals surface area contributed by atoms with E-state index in [1.165, 1.54) is 0 Å². The summed E-state index contributed by atoms with van der Waals surface area (Å²) in [7, 11) is 0. The Morgan fingerprint density at radius 2 is 1.68 bits per heavy atom. The predicted octanol–water partition coefficient (Wildman–Crippen LogP) is 4.93. The zero-order chi connectivity index (χ0) is 13.4. The van der Waals surface area contributed by atoms with E-state index in [0.29, 0.717) is 5.02 Å². The molecule has 0 aliphatic carbocycles. The SMILES string of the molecule is CC1Nc2ccc(Cl)cc2OC1c1ccc(Cl)cc1. The third-order valence-corrected chi connectivity index (χ3v) is 3.72. The Hall–Kier alpha value is -1.38. The van der Waals surface area contributed by atoms with Crippen molar-refractivity contribution in [2.45, 2.75) is 19.1 Å². The van der Waals surface area contributed by atoms with E-state index < -0.39 is 0 Å². The first-order valence-corrected chi connectivity index (χ1v) is 6.87. The molecule has 0 aromatic heterocycles. The molecule has 0 saturated carbocycles. The molecule has 0 radical (unpaired) electrons. The molecule has 0 bridgehead atoms. The normalized spacial score (nSPS) is 21.2. The molecule has 19 heavy (non-hydrogen) atoms. The van der Waals surface area contributed by atoms with E-state index in [1.807, 2.05) is 42.5 Å². The highest BCUT2D eigenvalue weighted by atomic mass is 35.5. The molecule has 2 unspecified atom stereocenters. The summed E-state index contributed by atoms with van der Waals surface area (Å²) < 4.78 is 6.06. The standard InChI is InChI=1S/C15H13Cl2NO/c1-9-15(10-2-4-11(16)5-3-10)19-14-8-12(17)6-7-13(14)18-9/h2-9,15,18H,1H3. The number of ether oxygens (including phenoxy) is 1. The van der Waals surface area contributed by atoms with E-state index in [4.69, 9.17) is 27.9 Å². The van der Waals surface area contributed by atoms with Crippen LogP contribution in [0.4, 0.5) is 5.69 Å². The summed E-state index contributed by atoms with van der Waals surface area (Å²) in [5.41, 5.74) is 2.07. The smallest absolute Gasteiger partial charge is 0.144 e. The molecule has 0 saturated heterocycles. The first kappa shape index (κ1) is 12.6. The van der Waals surface area contributed by atoms with E-state index in [1.54, 1.807) is 0 Å². The maximum Gasteiger partial charge on any atom is 0.144 e. The minimum Gasteiger partial charge on any atom is -0.481 e. The first-order valence-electron chi connectivity index (χ1n) is 6.12. The van der Waals surface area contributed by atoms with Crippen molar-refractivity contribution in [2.75, 3.05) is 5.32 Å². The van der Waals surface area contributed by atoms with Gasteiger partial charge in [-0.1, -0.05) is 35.3 Å². The fourth-order valence-corrected chi connectivity index (χ4v) is 2.57. The Balaban J connectivity index is 1.94. The van der Waals surface area contributed by atoms with Crippen molar-refractivity contribution < 1.29 is 4.74 Å². The van der Waals surface area contributed by atoms with E-state index in [-0.39, 0.29) is 12.1 Å². The van der Waals surface area contributed by atoms with Gasteiger partial charge in [0.05, 0.1) is 11.7 Å². The van der Waals surface area contributed by atoms with Gasteiger partial charge >= 0.3 is 0 Å². The molecule has 2 atom stereocenters. The van der Waals surface area contributed by atoms with Crippen LogP contribution in [0.5, 0.6) is 5.75 Å². The topological polar surface area (TPSA) is 21.3 Å². The van der Waals surface area contributed by atoms with Crippen molar-refractivity contribution in [1.29, 1.82) is 0 Å². The van der Waals surface area contributed by atoms with Gasteiger partial charge in [-0.3, -0.25) is 0 Å². The minimum absolute atomic E-state index is 0.0526. The second-order valence-corrected chi connectivity index (χ2v) is 5.54. The first-order chi connectivity index (χ1) is 9.13. The fourth-order valence-electron chi connectivity index (χ4n) is 2.28. The van der Waals surface area contributed by atoms with Crippen molar-refractivity contribution in [3.8, 4) is 5.75 Å². The van der Waals surface area contributed by atoms with Crippen molar-refractivity contribution in [3.63, 3.8) is 0 Å². The number of nitrogens with one attached hydrogen (secondary N) is 1. The average molecular weight is 294 g/mol. The summed E-state index contributed by atoms with van der Waals surface area (Å²) in [6.45, 7) is 2.09. The van der Waals surface area contributed by atoms with Gasteiger partial charge in [0.15, 0.2) is 0 Å². The fraction of sp³-hybridized carbons (Fsp3) is 0.200. The lowest BCUT2D eigenvalue weighted by atomic mass is 10.0. The summed E-state index contributed by atoms with van der Waals surface area (Å²) in [4.78, 5) is 0. The van der Waals surface area contributed by atoms with Crippen LogP contribution in [0.2, 0.25) is 10.0 Å². The van der Waals surface area contributed by atoms with Crippen LogP contribution in [-0.4, -0.2) is 6.04 Å². The number of hydrogen-bond donors (Lipinski definition) is 1. The van der Waals surface area contributed by atoms with Crippen LogP contribution in [0, 0.1) is 0 Å². The second kappa shape index (κ2) is 4.95. The number of anilines is 1. The largest absolute Gasteiger partial charge is 0.481 e. The predicted molar refractivity (Wildman–Crippen MR) is 79.4 cm³/mol. The molecule has 1 N–H and O–H groups in total. The monoisotopic (exact) mass is 293 g/mol. The van der Waals surface area contributed by atoms with Gasteiger partial charge in [0.25, 0.3) is 0 Å². The number of hydrogen-bond acceptors (Lipinski definition) is 2. The van der Waals surface area contributed by atoms with Gasteiger partial charge in [0.2, 0.25) is 0 Å². The molecular weight excluding hydrogens is 281 g/mol. The summed E-state index contributed by atoms with van der Waals surface area (Å²) in [5, 5.41) is 4.83. The Morgan fingerprint density at radius 1 is 1.00 bits per heavy atom. The molecule has 1 aliphatic heterocycles. The average Bonchev–Trinajstić information content (AvgIpc) is 2.40. The van der Waals surface area contributed by atoms with Gasteiger partial charge < -0.3 is 10.1 Å². The molecule has 0 amide bonds. The van der Waals surface area contributed by atoms with Gasteiger partial charge in [-0.15, -0.1) is 0 Å². The van der Waals surface area contributed by atoms with Crippen LogP contribution in [0.25, 0.3) is 0 Å². The zero-order valence-corrected chi connectivity index (χ0v) is 11.9. The quantitative estimate of drug-likeness (QED) is 0.805. The Morgan fingerprint density at radius 3 is 2.42 bits per heavy atom. The summed E-state index contributed by atoms with van der Waals surface area (Å²) in [5.74, 6) is 0.783. The van der Waals surface area contributed by atoms with Crippen LogP contribution in [-0.2, 0) is 0 Å². The van der Waals surface area contributed by atoms with Crippen LogP contribution < -0.4 is 10.1 Å². The molecule has 4 heteroatoms. The second-order valence-electron chi connectivity index (χ2n) is 4.66. The van der Waals surface area contributed by atoms with Crippen molar-refractivity contribution in [1.82, 2.24) is 0 Å². The third-order valence-electron chi connectivity index (χ3n) is 3.23. The Kier molecular flexibility index (Phi) is 3.29. The molecule has 3 rings (SSSR count). The molecule has 1 aliphatic rings. The summed E-state index contributed by atoms with van der Waals surface area (Å²) in [6.07, 6.45) is -0.0526. The number of halogens is 2. The van der Waals surface area contributed by atoms with Crippen LogP contribution in [0.15, 0.2) is 42.5 Å². The van der Waals surface area contributed by atoms with E-state index in [0.717, 1.165) is 22.0 Å². The Labute approximate surface area is 122 Å². The van der Waals surface area contributed by atoms with Gasteiger partial charge in [-0.05, 0) is 36.8 Å². The molecule has 0 fully saturated rings. The van der Waals surface area contributed by atoms with E-state index >= 15 is 0 Å². The van der Waals surface area contributed by atoms with Gasteiger partial charge in [-0.25, -0.2) is 0 Å².